The number of ether oxygens (including phenoxy) is 2. The average Bonchev–Trinajstić information content (AvgIpc) is 3.52. The minimum Gasteiger partial charge on any atom is -0.484 e. The zero-order chi connectivity index (χ0) is 25.1. The summed E-state index contributed by atoms with van der Waals surface area (Å²) in [5, 5.41) is 12.9. The van der Waals surface area contributed by atoms with Gasteiger partial charge in [-0.05, 0) is 41.7 Å². The summed E-state index contributed by atoms with van der Waals surface area (Å²) < 4.78 is 13.2. The number of aliphatic hydroxyl groups excluding tert-OH is 1. The molecule has 0 bridgehead atoms. The van der Waals surface area contributed by atoms with Crippen molar-refractivity contribution >= 4 is 28.8 Å². The lowest BCUT2D eigenvalue weighted by Crippen LogP contribution is -2.19. The molecule has 2 atom stereocenters. The van der Waals surface area contributed by atoms with E-state index in [9.17, 15) is 9.90 Å². The fourth-order valence-electron chi connectivity index (χ4n) is 4.23. The van der Waals surface area contributed by atoms with E-state index in [1.54, 1.807) is 12.1 Å². The van der Waals surface area contributed by atoms with Crippen molar-refractivity contribution in [2.75, 3.05) is 24.3 Å². The number of carbonyl (C=O) groups excluding carboxylic acids is 1. The zero-order valence-corrected chi connectivity index (χ0v) is 19.5. The Kier molecular flexibility index (Phi) is 6.65. The van der Waals surface area contributed by atoms with Crippen LogP contribution in [-0.4, -0.2) is 49.9 Å². The van der Waals surface area contributed by atoms with E-state index >= 15 is 0 Å². The molecule has 0 saturated carbocycles. The molecule has 36 heavy (non-hydrogen) atoms. The van der Waals surface area contributed by atoms with Gasteiger partial charge in [0.05, 0.1) is 12.7 Å². The van der Waals surface area contributed by atoms with Crippen molar-refractivity contribution in [1.82, 2.24) is 19.5 Å². The number of aliphatic hydroxyl groups is 1. The van der Waals surface area contributed by atoms with Crippen molar-refractivity contribution in [3.8, 4) is 16.9 Å². The van der Waals surface area contributed by atoms with Gasteiger partial charge in [0.15, 0.2) is 23.6 Å². The lowest BCUT2D eigenvalue weighted by molar-refractivity contribution is -0.119. The van der Waals surface area contributed by atoms with E-state index in [2.05, 4.69) is 20.3 Å². The molecule has 6 N–H and O–H groups in total. The molecule has 1 saturated heterocycles. The van der Waals surface area contributed by atoms with Crippen LogP contribution in [0, 0.1) is 0 Å². The van der Waals surface area contributed by atoms with E-state index < -0.39 is 5.91 Å². The highest BCUT2D eigenvalue weighted by Crippen LogP contribution is 2.34. The third-order valence-corrected chi connectivity index (χ3v) is 6.06. The molecule has 0 unspecified atom stereocenters. The van der Waals surface area contributed by atoms with Crippen LogP contribution in [0.3, 0.4) is 0 Å². The minimum absolute atomic E-state index is 0.0293. The Bertz CT molecular complexity index is 1360. The van der Waals surface area contributed by atoms with Gasteiger partial charge in [-0.1, -0.05) is 36.4 Å². The predicted molar refractivity (Wildman–Crippen MR) is 134 cm³/mol. The van der Waals surface area contributed by atoms with Crippen LogP contribution in [0.25, 0.3) is 22.3 Å². The standard InChI is InChI=1S/C25H27N7O4/c26-20(34)13-35-18-7-5-17(6-8-18)16-3-1-15(2-4-16)11-28-25-31-22-23(27)29-14-30-24(22)32(25)21-10-9-19(12-33)36-21/h1-8,14,19,21,33H,9-13H2,(H2,26,34)(H,28,31)(H2,27,29,30)/t19-,21+/m0/s1. The Balaban J connectivity index is 1.31. The van der Waals surface area contributed by atoms with E-state index in [0.717, 1.165) is 29.5 Å². The van der Waals surface area contributed by atoms with Crippen LogP contribution in [0.4, 0.5) is 11.8 Å². The van der Waals surface area contributed by atoms with E-state index in [0.29, 0.717) is 35.2 Å². The third kappa shape index (κ3) is 4.92. The van der Waals surface area contributed by atoms with E-state index in [-0.39, 0.29) is 25.5 Å². The molecule has 0 spiro atoms. The second-order valence-electron chi connectivity index (χ2n) is 8.54. The summed E-state index contributed by atoms with van der Waals surface area (Å²) in [6.45, 7) is 0.342. The number of rotatable bonds is 9. The number of fused-ring (bicyclic) bond motifs is 1. The topological polar surface area (TPSA) is 163 Å². The fraction of sp³-hybridized carbons (Fsp3) is 0.280. The molecular weight excluding hydrogens is 462 g/mol. The van der Waals surface area contributed by atoms with Crippen molar-refractivity contribution in [2.24, 2.45) is 5.73 Å². The number of benzene rings is 2. The molecule has 11 nitrogen and oxygen atoms in total. The van der Waals surface area contributed by atoms with Crippen LogP contribution in [0.15, 0.2) is 54.9 Å². The Morgan fingerprint density at radius 2 is 1.83 bits per heavy atom. The van der Waals surface area contributed by atoms with Gasteiger partial charge in [-0.2, -0.15) is 0 Å². The average molecular weight is 490 g/mol. The van der Waals surface area contributed by atoms with Gasteiger partial charge in [-0.25, -0.2) is 15.0 Å². The molecule has 1 aliphatic rings. The summed E-state index contributed by atoms with van der Waals surface area (Å²) in [7, 11) is 0. The molecule has 1 fully saturated rings. The lowest BCUT2D eigenvalue weighted by atomic mass is 10.0. The summed E-state index contributed by atoms with van der Waals surface area (Å²) in [6, 6.07) is 15.6. The van der Waals surface area contributed by atoms with E-state index in [1.807, 2.05) is 41.0 Å². The van der Waals surface area contributed by atoms with Crippen LogP contribution in [0.5, 0.6) is 5.75 Å². The number of primary amides is 1. The molecule has 2 aromatic heterocycles. The van der Waals surface area contributed by atoms with E-state index in [4.69, 9.17) is 20.9 Å². The predicted octanol–water partition coefficient (Wildman–Crippen LogP) is 2.22. The molecule has 1 aliphatic heterocycles. The molecule has 11 heteroatoms. The second kappa shape index (κ2) is 10.2. The van der Waals surface area contributed by atoms with Gasteiger partial charge in [0, 0.05) is 6.54 Å². The van der Waals surface area contributed by atoms with Crippen molar-refractivity contribution < 1.29 is 19.4 Å². The normalized spacial score (nSPS) is 17.4. The number of anilines is 2. The Hall–Kier alpha value is -4.22. The molecule has 186 valence electrons. The number of nitrogens with zero attached hydrogens (tertiary/aromatic N) is 4. The molecule has 1 amide bonds. The van der Waals surface area contributed by atoms with Crippen LogP contribution >= 0.6 is 0 Å². The number of carbonyl (C=O) groups is 1. The smallest absolute Gasteiger partial charge is 0.255 e. The Labute approximate surface area is 207 Å². The van der Waals surface area contributed by atoms with Crippen LogP contribution in [-0.2, 0) is 16.1 Å². The maximum Gasteiger partial charge on any atom is 0.255 e. The molecule has 2 aromatic carbocycles. The second-order valence-corrected chi connectivity index (χ2v) is 8.54. The first-order valence-electron chi connectivity index (χ1n) is 11.6. The molecule has 4 aromatic rings. The molecule has 5 rings (SSSR count). The monoisotopic (exact) mass is 489 g/mol. The Morgan fingerprint density at radius 1 is 1.11 bits per heavy atom. The minimum atomic E-state index is -0.514. The van der Waals surface area contributed by atoms with Crippen molar-refractivity contribution in [3.05, 3.63) is 60.4 Å². The largest absolute Gasteiger partial charge is 0.484 e. The van der Waals surface area contributed by atoms with Gasteiger partial charge in [-0.15, -0.1) is 0 Å². The molecule has 0 radical (unpaired) electrons. The number of nitrogen functional groups attached to an aromatic ring is 1. The highest BCUT2D eigenvalue weighted by Gasteiger charge is 2.30. The number of hydrogen-bond donors (Lipinski definition) is 4. The molecule has 0 aliphatic carbocycles. The maximum atomic E-state index is 10.9. The first-order chi connectivity index (χ1) is 17.5. The van der Waals surface area contributed by atoms with Crippen molar-refractivity contribution in [2.45, 2.75) is 31.7 Å². The third-order valence-electron chi connectivity index (χ3n) is 6.06. The maximum absolute atomic E-state index is 10.9. The summed E-state index contributed by atoms with van der Waals surface area (Å²) in [6.07, 6.45) is 2.38. The summed E-state index contributed by atoms with van der Waals surface area (Å²) in [5.41, 5.74) is 15.4. The first kappa shape index (κ1) is 23.5. The van der Waals surface area contributed by atoms with Crippen molar-refractivity contribution in [3.63, 3.8) is 0 Å². The zero-order valence-electron chi connectivity index (χ0n) is 19.5. The quantitative estimate of drug-likeness (QED) is 0.276. The molecule has 3 heterocycles. The van der Waals surface area contributed by atoms with Crippen LogP contribution < -0.4 is 21.5 Å². The lowest BCUT2D eigenvalue weighted by Gasteiger charge is -2.17. The number of aromatic nitrogens is 4. The van der Waals surface area contributed by atoms with Gasteiger partial charge in [0.2, 0.25) is 5.95 Å². The number of amides is 1. The van der Waals surface area contributed by atoms with Crippen LogP contribution in [0.2, 0.25) is 0 Å². The van der Waals surface area contributed by atoms with Gasteiger partial charge in [-0.3, -0.25) is 9.36 Å². The van der Waals surface area contributed by atoms with Gasteiger partial charge in [0.25, 0.3) is 5.91 Å². The number of nitrogens with two attached hydrogens (primary N) is 2. The number of nitrogens with one attached hydrogen (secondary N) is 1. The van der Waals surface area contributed by atoms with Crippen LogP contribution in [0.1, 0.15) is 24.6 Å². The first-order valence-corrected chi connectivity index (χ1v) is 11.6. The van der Waals surface area contributed by atoms with E-state index in [1.165, 1.54) is 6.33 Å². The molecular formula is C25H27N7O4. The fourth-order valence-corrected chi connectivity index (χ4v) is 4.23. The summed E-state index contributed by atoms with van der Waals surface area (Å²) >= 11 is 0. The highest BCUT2D eigenvalue weighted by atomic mass is 16.5. The Morgan fingerprint density at radius 3 is 2.50 bits per heavy atom. The summed E-state index contributed by atoms with van der Waals surface area (Å²) in [4.78, 5) is 23.9. The van der Waals surface area contributed by atoms with Crippen molar-refractivity contribution in [1.29, 1.82) is 0 Å². The SMILES string of the molecule is NC(=O)COc1ccc(-c2ccc(CNc3nc4c(N)ncnc4n3[C@H]3CC[C@@H](CO)O3)cc2)cc1. The van der Waals surface area contributed by atoms with Gasteiger partial charge in [0.1, 0.15) is 18.3 Å². The van der Waals surface area contributed by atoms with Gasteiger partial charge >= 0.3 is 0 Å². The highest BCUT2D eigenvalue weighted by molar-refractivity contribution is 5.84. The van der Waals surface area contributed by atoms with Gasteiger partial charge < -0.3 is 31.4 Å². The number of hydrogen-bond acceptors (Lipinski definition) is 9. The number of imidazole rings is 1. The summed E-state index contributed by atoms with van der Waals surface area (Å²) in [5.74, 6) is 0.953.